The Morgan fingerprint density at radius 3 is 2.43 bits per heavy atom. The average Bonchev–Trinajstić information content (AvgIpc) is 2.46. The van der Waals surface area contributed by atoms with Crippen LogP contribution in [-0.4, -0.2) is 45.6 Å². The van der Waals surface area contributed by atoms with E-state index < -0.39 is 20.2 Å². The normalized spacial score (nSPS) is 20.6. The van der Waals surface area contributed by atoms with Crippen LogP contribution in [0.25, 0.3) is 0 Å². The number of rotatable bonds is 3. The molecule has 0 radical (unpaired) electrons. The molecule has 0 aliphatic carbocycles. The Balaban J connectivity index is 2.20. The van der Waals surface area contributed by atoms with Crippen LogP contribution in [0.4, 0.5) is 18.9 Å². The summed E-state index contributed by atoms with van der Waals surface area (Å²) in [5.74, 6) is 0.317. The molecule has 0 aromatic heterocycles. The van der Waals surface area contributed by atoms with E-state index in [0.29, 0.717) is 31.3 Å². The molecule has 1 heterocycles. The van der Waals surface area contributed by atoms with Crippen LogP contribution in [0.1, 0.15) is 0 Å². The minimum Gasteiger partial charge on any atom is -0.373 e. The van der Waals surface area contributed by atoms with Gasteiger partial charge in [0, 0.05) is 18.8 Å². The predicted molar refractivity (Wildman–Crippen MR) is 72.4 cm³/mol. The van der Waals surface area contributed by atoms with Crippen molar-refractivity contribution < 1.29 is 26.3 Å². The zero-order valence-electron chi connectivity index (χ0n) is 10.8. The largest absolute Gasteiger partial charge is 0.501 e. The number of halogens is 4. The van der Waals surface area contributed by atoms with E-state index in [1.807, 2.05) is 4.90 Å². The first-order chi connectivity index (χ1) is 9.75. The molecular formula is C12H13ClF3NO3S. The van der Waals surface area contributed by atoms with Gasteiger partial charge < -0.3 is 9.64 Å². The lowest BCUT2D eigenvalue weighted by atomic mass is 10.2. The molecule has 21 heavy (non-hydrogen) atoms. The van der Waals surface area contributed by atoms with Crippen LogP contribution in [0.3, 0.4) is 0 Å². The molecule has 1 aliphatic rings. The monoisotopic (exact) mass is 343 g/mol. The number of hydrogen-bond acceptors (Lipinski definition) is 4. The summed E-state index contributed by atoms with van der Waals surface area (Å²) in [7, 11) is -5.30. The summed E-state index contributed by atoms with van der Waals surface area (Å²) >= 11 is 5.71. The zero-order chi connectivity index (χ0) is 15.7. The average molecular weight is 344 g/mol. The third-order valence-electron chi connectivity index (χ3n) is 3.13. The molecule has 1 aliphatic heterocycles. The summed E-state index contributed by atoms with van der Waals surface area (Å²) in [4.78, 5) is 1.13. The van der Waals surface area contributed by atoms with E-state index >= 15 is 0 Å². The van der Waals surface area contributed by atoms with Gasteiger partial charge in [-0.15, -0.1) is 11.6 Å². The molecule has 1 unspecified atom stereocenters. The molecule has 1 saturated heterocycles. The van der Waals surface area contributed by atoms with Gasteiger partial charge in [-0.2, -0.15) is 13.2 Å². The van der Waals surface area contributed by atoms with E-state index in [4.69, 9.17) is 16.3 Å². The van der Waals surface area contributed by atoms with Crippen molar-refractivity contribution in [2.45, 2.75) is 16.5 Å². The van der Waals surface area contributed by atoms with Crippen LogP contribution in [0.5, 0.6) is 0 Å². The molecule has 0 amide bonds. The lowest BCUT2D eigenvalue weighted by Gasteiger charge is -2.33. The summed E-state index contributed by atoms with van der Waals surface area (Å²) < 4.78 is 65.2. The van der Waals surface area contributed by atoms with E-state index in [9.17, 15) is 21.6 Å². The molecule has 2 rings (SSSR count). The van der Waals surface area contributed by atoms with Crippen molar-refractivity contribution >= 4 is 27.1 Å². The highest BCUT2D eigenvalue weighted by molar-refractivity contribution is 7.92. The molecule has 1 fully saturated rings. The van der Waals surface area contributed by atoms with Gasteiger partial charge in [-0.3, -0.25) is 0 Å². The van der Waals surface area contributed by atoms with Crippen LogP contribution in [-0.2, 0) is 14.6 Å². The van der Waals surface area contributed by atoms with Crippen LogP contribution < -0.4 is 4.90 Å². The van der Waals surface area contributed by atoms with Crippen molar-refractivity contribution in [3.8, 4) is 0 Å². The van der Waals surface area contributed by atoms with Crippen molar-refractivity contribution in [2.75, 3.05) is 30.5 Å². The van der Waals surface area contributed by atoms with Crippen molar-refractivity contribution in [1.82, 2.24) is 0 Å². The van der Waals surface area contributed by atoms with Gasteiger partial charge in [0.05, 0.1) is 23.5 Å². The fourth-order valence-corrected chi connectivity index (χ4v) is 2.97. The fourth-order valence-electron chi connectivity index (χ4n) is 2.02. The molecule has 1 aromatic carbocycles. The Morgan fingerprint density at radius 2 is 1.90 bits per heavy atom. The van der Waals surface area contributed by atoms with Crippen molar-refractivity contribution in [3.63, 3.8) is 0 Å². The van der Waals surface area contributed by atoms with Crippen molar-refractivity contribution in [1.29, 1.82) is 0 Å². The molecule has 118 valence electrons. The highest BCUT2D eigenvalue weighted by Crippen LogP contribution is 2.31. The zero-order valence-corrected chi connectivity index (χ0v) is 12.4. The Bertz CT molecular complexity index is 589. The summed E-state index contributed by atoms with van der Waals surface area (Å²) in [5, 5.41) is 0. The maximum absolute atomic E-state index is 12.4. The first-order valence-corrected chi connectivity index (χ1v) is 8.11. The van der Waals surface area contributed by atoms with Gasteiger partial charge in [-0.1, -0.05) is 0 Å². The number of morpholine rings is 1. The predicted octanol–water partition coefficient (Wildman–Crippen LogP) is 2.42. The maximum atomic E-state index is 12.4. The maximum Gasteiger partial charge on any atom is 0.501 e. The van der Waals surface area contributed by atoms with Gasteiger partial charge in [0.25, 0.3) is 9.84 Å². The van der Waals surface area contributed by atoms with Crippen molar-refractivity contribution in [3.05, 3.63) is 24.3 Å². The summed E-state index contributed by atoms with van der Waals surface area (Å²) in [6, 6.07) is 4.64. The number of hydrogen-bond donors (Lipinski definition) is 0. The Labute approximate surface area is 125 Å². The molecule has 0 spiro atoms. The molecule has 4 nitrogen and oxygen atoms in total. The van der Waals surface area contributed by atoms with E-state index in [-0.39, 0.29) is 6.10 Å². The second-order valence-electron chi connectivity index (χ2n) is 4.54. The Hall–Kier alpha value is -0.990. The highest BCUT2D eigenvalue weighted by Gasteiger charge is 2.46. The smallest absolute Gasteiger partial charge is 0.373 e. The van der Waals surface area contributed by atoms with Gasteiger partial charge >= 0.3 is 5.51 Å². The minimum absolute atomic E-state index is 0.154. The lowest BCUT2D eigenvalue weighted by Crippen LogP contribution is -2.43. The van der Waals surface area contributed by atoms with Gasteiger partial charge in [-0.25, -0.2) is 8.42 Å². The number of sulfone groups is 1. The number of ether oxygens (including phenoxy) is 1. The number of alkyl halides is 4. The molecular weight excluding hydrogens is 331 g/mol. The topological polar surface area (TPSA) is 46.6 Å². The van der Waals surface area contributed by atoms with Gasteiger partial charge in [-0.05, 0) is 24.3 Å². The number of nitrogens with zero attached hydrogens (tertiary/aromatic N) is 1. The van der Waals surface area contributed by atoms with E-state index in [2.05, 4.69) is 0 Å². The molecule has 0 N–H and O–H groups in total. The second-order valence-corrected chi connectivity index (χ2v) is 6.79. The number of benzene rings is 1. The third kappa shape index (κ3) is 3.44. The van der Waals surface area contributed by atoms with Gasteiger partial charge in [0.15, 0.2) is 0 Å². The third-order valence-corrected chi connectivity index (χ3v) is 4.97. The molecule has 1 aromatic rings. The van der Waals surface area contributed by atoms with Gasteiger partial charge in [0.2, 0.25) is 0 Å². The number of anilines is 1. The molecule has 1 atom stereocenters. The second kappa shape index (κ2) is 6.02. The minimum atomic E-state index is -5.30. The van der Waals surface area contributed by atoms with E-state index in [1.165, 1.54) is 12.1 Å². The van der Waals surface area contributed by atoms with E-state index in [1.54, 1.807) is 0 Å². The van der Waals surface area contributed by atoms with Gasteiger partial charge in [0.1, 0.15) is 0 Å². The van der Waals surface area contributed by atoms with Crippen LogP contribution in [0, 0.1) is 0 Å². The quantitative estimate of drug-likeness (QED) is 0.791. The first kappa shape index (κ1) is 16.4. The molecule has 9 heteroatoms. The fraction of sp³-hybridized carbons (Fsp3) is 0.500. The van der Waals surface area contributed by atoms with Crippen molar-refractivity contribution in [2.24, 2.45) is 0 Å². The van der Waals surface area contributed by atoms with E-state index in [0.717, 1.165) is 12.1 Å². The SMILES string of the molecule is O=S(=O)(c1ccc(N2CCOC(CCl)C2)cc1)C(F)(F)F. The first-order valence-electron chi connectivity index (χ1n) is 6.09. The standard InChI is InChI=1S/C12H13ClF3NO3S/c13-7-10-8-17(5-6-20-10)9-1-3-11(4-2-9)21(18,19)12(14,15)16/h1-4,10H,5-8H2. The van der Waals surface area contributed by atoms with Crippen LogP contribution in [0.15, 0.2) is 29.2 Å². The molecule has 0 bridgehead atoms. The Morgan fingerprint density at radius 1 is 1.29 bits per heavy atom. The summed E-state index contributed by atoms with van der Waals surface area (Å²) in [6.45, 7) is 1.54. The Kier molecular flexibility index (Phi) is 4.69. The highest BCUT2D eigenvalue weighted by atomic mass is 35.5. The lowest BCUT2D eigenvalue weighted by molar-refractivity contribution is -0.0436. The van der Waals surface area contributed by atoms with Crippen LogP contribution in [0.2, 0.25) is 0 Å². The van der Waals surface area contributed by atoms with Crippen LogP contribution >= 0.6 is 11.6 Å². The summed E-state index contributed by atoms with van der Waals surface area (Å²) in [5.41, 5.74) is -4.66. The molecule has 0 saturated carbocycles. The summed E-state index contributed by atoms with van der Waals surface area (Å²) in [6.07, 6.45) is -0.154.